The van der Waals surface area contributed by atoms with Gasteiger partial charge in [0.15, 0.2) is 11.5 Å². The second kappa shape index (κ2) is 10.5. The average Bonchev–Trinajstić information content (AvgIpc) is 2.86. The zero-order valence-electron chi connectivity index (χ0n) is 18.6. The number of ketones is 2. The summed E-state index contributed by atoms with van der Waals surface area (Å²) in [5, 5.41) is 0. The van der Waals surface area contributed by atoms with Gasteiger partial charge in [-0.05, 0) is 72.5 Å². The van der Waals surface area contributed by atoms with Crippen LogP contribution in [0.15, 0.2) is 60.7 Å². The molecule has 0 saturated heterocycles. The topological polar surface area (TPSA) is 71.1 Å². The van der Waals surface area contributed by atoms with Crippen molar-refractivity contribution in [3.8, 4) is 23.0 Å². The van der Waals surface area contributed by atoms with Crippen molar-refractivity contribution in [1.82, 2.24) is 0 Å². The molecule has 0 aliphatic rings. The molecule has 32 heavy (non-hydrogen) atoms. The maximum absolute atomic E-state index is 13.0. The van der Waals surface area contributed by atoms with Gasteiger partial charge in [-0.2, -0.15) is 0 Å². The Labute approximate surface area is 187 Å². The maximum Gasteiger partial charge on any atom is 0.233 e. The molecule has 0 aliphatic heterocycles. The number of carbonyl (C=O) groups excluding carboxylic acids is 2. The third kappa shape index (κ3) is 5.27. The molecule has 0 aliphatic carbocycles. The molecule has 0 bridgehead atoms. The number of Topliss-reactive ketones (excluding diaryl/α,β-unsaturated/α-hetero) is 2. The van der Waals surface area contributed by atoms with E-state index in [9.17, 15) is 9.59 Å². The number of carbonyl (C=O) groups is 2. The first kappa shape index (κ1) is 22.9. The van der Waals surface area contributed by atoms with Gasteiger partial charge in [0.05, 0.1) is 28.4 Å². The fraction of sp³-hybridized carbons (Fsp3) is 0.231. The van der Waals surface area contributed by atoms with Crippen LogP contribution in [0.3, 0.4) is 0 Å². The van der Waals surface area contributed by atoms with E-state index in [1.54, 1.807) is 31.4 Å². The molecule has 0 amide bonds. The zero-order chi connectivity index (χ0) is 23.1. The van der Waals surface area contributed by atoms with Crippen molar-refractivity contribution in [2.24, 2.45) is 0 Å². The molecule has 3 rings (SSSR count). The van der Waals surface area contributed by atoms with Gasteiger partial charge in [-0.25, -0.2) is 0 Å². The zero-order valence-corrected chi connectivity index (χ0v) is 18.6. The molecule has 0 spiro atoms. The van der Waals surface area contributed by atoms with Crippen LogP contribution >= 0.6 is 0 Å². The molecule has 3 aromatic rings. The number of aryl methyl sites for hydroxylation is 2. The Morgan fingerprint density at radius 3 is 1.81 bits per heavy atom. The molecule has 0 N–H and O–H groups in total. The lowest BCUT2D eigenvalue weighted by atomic mass is 9.97. The summed E-state index contributed by atoms with van der Waals surface area (Å²) >= 11 is 0. The number of hydrogen-bond donors (Lipinski definition) is 0. The fourth-order valence-corrected chi connectivity index (χ4v) is 3.37. The summed E-state index contributed by atoms with van der Waals surface area (Å²) in [6.45, 7) is 0. The molecule has 0 heterocycles. The number of rotatable bonds is 10. The molecule has 6 nitrogen and oxygen atoms in total. The highest BCUT2D eigenvalue weighted by Gasteiger charge is 2.21. The molecular formula is C26H26O6. The van der Waals surface area contributed by atoms with Crippen LogP contribution in [-0.2, 0) is 12.8 Å². The molecule has 0 saturated carbocycles. The van der Waals surface area contributed by atoms with E-state index >= 15 is 0 Å². The van der Waals surface area contributed by atoms with E-state index in [-0.39, 0.29) is 11.1 Å². The predicted octanol–water partition coefficient (Wildman–Crippen LogP) is 4.57. The van der Waals surface area contributed by atoms with Crippen LogP contribution in [0.5, 0.6) is 23.0 Å². The van der Waals surface area contributed by atoms with E-state index in [0.29, 0.717) is 23.7 Å². The van der Waals surface area contributed by atoms with Crippen LogP contribution < -0.4 is 18.9 Å². The second-order valence-electron chi connectivity index (χ2n) is 7.15. The quantitative estimate of drug-likeness (QED) is 0.344. The van der Waals surface area contributed by atoms with E-state index < -0.39 is 11.6 Å². The Kier molecular flexibility index (Phi) is 7.49. The van der Waals surface area contributed by atoms with Crippen molar-refractivity contribution >= 4 is 11.6 Å². The van der Waals surface area contributed by atoms with E-state index in [0.717, 1.165) is 23.3 Å². The van der Waals surface area contributed by atoms with Gasteiger partial charge < -0.3 is 18.9 Å². The summed E-state index contributed by atoms with van der Waals surface area (Å²) in [4.78, 5) is 25.8. The largest absolute Gasteiger partial charge is 0.497 e. The van der Waals surface area contributed by atoms with E-state index in [2.05, 4.69) is 0 Å². The number of benzene rings is 3. The molecule has 6 heteroatoms. The Morgan fingerprint density at radius 2 is 1.19 bits per heavy atom. The SMILES string of the molecule is COc1ccc(CCc2cc(OC)cc(C(=O)C(=O)c3ccc(OC)c(OC)c3)c2)cc1. The van der Waals surface area contributed by atoms with Crippen molar-refractivity contribution < 1.29 is 28.5 Å². The van der Waals surface area contributed by atoms with Crippen LogP contribution in [-0.4, -0.2) is 40.0 Å². The normalized spacial score (nSPS) is 10.4. The summed E-state index contributed by atoms with van der Waals surface area (Å²) in [6, 6.07) is 17.7. The number of hydrogen-bond acceptors (Lipinski definition) is 6. The Hall–Kier alpha value is -3.80. The minimum absolute atomic E-state index is 0.232. The molecule has 3 aromatic carbocycles. The van der Waals surface area contributed by atoms with Crippen molar-refractivity contribution in [3.05, 3.63) is 82.9 Å². The summed E-state index contributed by atoms with van der Waals surface area (Å²) in [5.41, 5.74) is 2.57. The highest BCUT2D eigenvalue weighted by atomic mass is 16.5. The van der Waals surface area contributed by atoms with Crippen LogP contribution in [0.25, 0.3) is 0 Å². The van der Waals surface area contributed by atoms with Crippen molar-refractivity contribution in [2.75, 3.05) is 28.4 Å². The molecule has 0 atom stereocenters. The average molecular weight is 434 g/mol. The Morgan fingerprint density at radius 1 is 0.562 bits per heavy atom. The second-order valence-corrected chi connectivity index (χ2v) is 7.15. The van der Waals surface area contributed by atoms with Gasteiger partial charge in [-0.3, -0.25) is 9.59 Å². The van der Waals surface area contributed by atoms with Crippen LogP contribution in [0.4, 0.5) is 0 Å². The van der Waals surface area contributed by atoms with E-state index in [1.165, 1.54) is 27.4 Å². The smallest absolute Gasteiger partial charge is 0.233 e. The molecule has 0 unspecified atom stereocenters. The number of methoxy groups -OCH3 is 4. The molecule has 0 radical (unpaired) electrons. The van der Waals surface area contributed by atoms with Crippen molar-refractivity contribution in [3.63, 3.8) is 0 Å². The highest BCUT2D eigenvalue weighted by Crippen LogP contribution is 2.28. The van der Waals surface area contributed by atoms with Crippen LogP contribution in [0.2, 0.25) is 0 Å². The van der Waals surface area contributed by atoms with E-state index in [1.807, 2.05) is 30.3 Å². The van der Waals surface area contributed by atoms with Crippen LogP contribution in [0.1, 0.15) is 31.8 Å². The lowest BCUT2D eigenvalue weighted by molar-refractivity contribution is 0.0816. The van der Waals surface area contributed by atoms with Gasteiger partial charge in [-0.1, -0.05) is 12.1 Å². The molecule has 166 valence electrons. The fourth-order valence-electron chi connectivity index (χ4n) is 3.37. The van der Waals surface area contributed by atoms with Gasteiger partial charge in [0.25, 0.3) is 0 Å². The third-order valence-electron chi connectivity index (χ3n) is 5.18. The third-order valence-corrected chi connectivity index (χ3v) is 5.18. The first-order valence-corrected chi connectivity index (χ1v) is 10.1. The predicted molar refractivity (Wildman–Crippen MR) is 122 cm³/mol. The van der Waals surface area contributed by atoms with Gasteiger partial charge >= 0.3 is 0 Å². The van der Waals surface area contributed by atoms with Crippen LogP contribution in [0, 0.1) is 0 Å². The Balaban J connectivity index is 1.81. The van der Waals surface area contributed by atoms with Gasteiger partial charge in [-0.15, -0.1) is 0 Å². The van der Waals surface area contributed by atoms with Crippen molar-refractivity contribution in [1.29, 1.82) is 0 Å². The summed E-state index contributed by atoms with van der Waals surface area (Å²) in [5.74, 6) is 0.968. The lowest BCUT2D eigenvalue weighted by Gasteiger charge is -2.11. The minimum atomic E-state index is -0.625. The van der Waals surface area contributed by atoms with Crippen molar-refractivity contribution in [2.45, 2.75) is 12.8 Å². The molecule has 0 fully saturated rings. The number of ether oxygens (including phenoxy) is 4. The summed E-state index contributed by atoms with van der Waals surface area (Å²) in [7, 11) is 6.15. The maximum atomic E-state index is 13.0. The highest BCUT2D eigenvalue weighted by molar-refractivity contribution is 6.49. The van der Waals surface area contributed by atoms with Gasteiger partial charge in [0, 0.05) is 11.1 Å². The standard InChI is InChI=1S/C26H26O6/c1-29-21-10-7-17(8-11-21)5-6-18-13-20(15-22(14-18)30-2)26(28)25(27)19-9-12-23(31-3)24(16-19)32-4/h7-16H,5-6H2,1-4H3. The molecule has 0 aromatic heterocycles. The lowest BCUT2D eigenvalue weighted by Crippen LogP contribution is -2.15. The first-order valence-electron chi connectivity index (χ1n) is 10.1. The Bertz CT molecular complexity index is 1100. The van der Waals surface area contributed by atoms with E-state index in [4.69, 9.17) is 18.9 Å². The summed E-state index contributed by atoms with van der Waals surface area (Å²) in [6.07, 6.45) is 1.46. The summed E-state index contributed by atoms with van der Waals surface area (Å²) < 4.78 is 21.0. The van der Waals surface area contributed by atoms with Gasteiger partial charge in [0.1, 0.15) is 11.5 Å². The monoisotopic (exact) mass is 434 g/mol. The molecular weight excluding hydrogens is 408 g/mol. The minimum Gasteiger partial charge on any atom is -0.497 e. The van der Waals surface area contributed by atoms with Gasteiger partial charge in [0.2, 0.25) is 11.6 Å². The first-order chi connectivity index (χ1) is 15.5.